The quantitative estimate of drug-likeness (QED) is 0.745. The summed E-state index contributed by atoms with van der Waals surface area (Å²) in [4.78, 5) is 0. The first-order valence-corrected chi connectivity index (χ1v) is 4.50. The second kappa shape index (κ2) is 3.18. The molecular formula is C11H12N2O. The first kappa shape index (κ1) is 8.81. The average Bonchev–Trinajstić information content (AvgIpc) is 2.48. The summed E-state index contributed by atoms with van der Waals surface area (Å²) in [5, 5.41) is 13.6. The summed E-state index contributed by atoms with van der Waals surface area (Å²) in [5.41, 5.74) is 2.78. The van der Waals surface area contributed by atoms with Gasteiger partial charge in [-0.25, -0.2) is 4.68 Å². The molecule has 0 aliphatic carbocycles. The molecule has 14 heavy (non-hydrogen) atoms. The minimum atomic E-state index is 0.230. The molecule has 0 spiro atoms. The summed E-state index contributed by atoms with van der Waals surface area (Å²) in [5.74, 6) is 0.230. The van der Waals surface area contributed by atoms with Gasteiger partial charge in [-0.1, -0.05) is 18.2 Å². The number of hydrogen-bond acceptors (Lipinski definition) is 2. The van der Waals surface area contributed by atoms with Gasteiger partial charge in [0.2, 0.25) is 0 Å². The van der Waals surface area contributed by atoms with Crippen LogP contribution < -0.4 is 0 Å². The molecule has 1 N–H and O–H groups in total. The summed E-state index contributed by atoms with van der Waals surface area (Å²) < 4.78 is 1.69. The molecule has 2 rings (SSSR count). The van der Waals surface area contributed by atoms with Crippen molar-refractivity contribution in [3.63, 3.8) is 0 Å². The standard InChI is InChI=1S/C11H12N2O/c1-8-5-3-4-6-10(8)13-7-11(14)9(2)12-13/h3-7,14H,1-2H3. The van der Waals surface area contributed by atoms with Gasteiger partial charge in [0.15, 0.2) is 5.75 Å². The number of benzene rings is 1. The van der Waals surface area contributed by atoms with Crippen molar-refractivity contribution in [2.75, 3.05) is 0 Å². The predicted molar refractivity (Wildman–Crippen MR) is 54.7 cm³/mol. The Hall–Kier alpha value is -1.77. The molecule has 0 saturated carbocycles. The van der Waals surface area contributed by atoms with E-state index in [2.05, 4.69) is 5.10 Å². The van der Waals surface area contributed by atoms with E-state index >= 15 is 0 Å². The molecule has 0 saturated heterocycles. The van der Waals surface area contributed by atoms with Gasteiger partial charge < -0.3 is 5.11 Å². The lowest BCUT2D eigenvalue weighted by Gasteiger charge is -2.03. The van der Waals surface area contributed by atoms with Gasteiger partial charge in [-0.3, -0.25) is 0 Å². The lowest BCUT2D eigenvalue weighted by atomic mass is 10.2. The number of nitrogens with zero attached hydrogens (tertiary/aromatic N) is 2. The van der Waals surface area contributed by atoms with Crippen molar-refractivity contribution in [3.05, 3.63) is 41.7 Å². The van der Waals surface area contributed by atoms with Gasteiger partial charge in [0.25, 0.3) is 0 Å². The lowest BCUT2D eigenvalue weighted by Crippen LogP contribution is -1.97. The minimum absolute atomic E-state index is 0.230. The van der Waals surface area contributed by atoms with Crippen LogP contribution >= 0.6 is 0 Å². The molecule has 1 aromatic carbocycles. The van der Waals surface area contributed by atoms with E-state index in [1.807, 2.05) is 31.2 Å². The van der Waals surface area contributed by atoms with E-state index in [0.29, 0.717) is 5.69 Å². The molecule has 72 valence electrons. The van der Waals surface area contributed by atoms with Crippen molar-refractivity contribution in [2.45, 2.75) is 13.8 Å². The summed E-state index contributed by atoms with van der Waals surface area (Å²) in [6.45, 7) is 3.80. The second-order valence-corrected chi connectivity index (χ2v) is 3.33. The molecule has 3 heteroatoms. The van der Waals surface area contributed by atoms with Crippen molar-refractivity contribution in [3.8, 4) is 11.4 Å². The molecule has 0 atom stereocenters. The Balaban J connectivity index is 2.55. The van der Waals surface area contributed by atoms with Crippen molar-refractivity contribution in [1.29, 1.82) is 0 Å². The maximum atomic E-state index is 9.41. The van der Waals surface area contributed by atoms with Crippen LogP contribution in [0.1, 0.15) is 11.3 Å². The predicted octanol–water partition coefficient (Wildman–Crippen LogP) is 2.19. The van der Waals surface area contributed by atoms with Crippen LogP contribution in [-0.4, -0.2) is 14.9 Å². The summed E-state index contributed by atoms with van der Waals surface area (Å²) in [6, 6.07) is 7.93. The molecule has 2 aromatic rings. The van der Waals surface area contributed by atoms with E-state index in [0.717, 1.165) is 11.3 Å². The van der Waals surface area contributed by atoms with Gasteiger partial charge >= 0.3 is 0 Å². The van der Waals surface area contributed by atoms with Gasteiger partial charge in [-0.2, -0.15) is 5.10 Å². The van der Waals surface area contributed by atoms with Crippen molar-refractivity contribution in [2.24, 2.45) is 0 Å². The fourth-order valence-electron chi connectivity index (χ4n) is 1.39. The highest BCUT2D eigenvalue weighted by molar-refractivity contribution is 5.40. The van der Waals surface area contributed by atoms with E-state index in [1.54, 1.807) is 17.8 Å². The minimum Gasteiger partial charge on any atom is -0.504 e. The van der Waals surface area contributed by atoms with E-state index in [9.17, 15) is 5.11 Å². The Kier molecular flexibility index (Phi) is 2.00. The van der Waals surface area contributed by atoms with E-state index < -0.39 is 0 Å². The average molecular weight is 188 g/mol. The summed E-state index contributed by atoms with van der Waals surface area (Å²) in [6.07, 6.45) is 1.62. The normalized spacial score (nSPS) is 10.4. The zero-order valence-corrected chi connectivity index (χ0v) is 8.23. The first-order valence-electron chi connectivity index (χ1n) is 4.50. The highest BCUT2D eigenvalue weighted by atomic mass is 16.3. The van der Waals surface area contributed by atoms with Gasteiger partial charge in [0, 0.05) is 0 Å². The molecule has 0 unspecified atom stereocenters. The highest BCUT2D eigenvalue weighted by Gasteiger charge is 2.05. The zero-order chi connectivity index (χ0) is 10.1. The number of aryl methyl sites for hydroxylation is 2. The third kappa shape index (κ3) is 1.37. The van der Waals surface area contributed by atoms with Crippen LogP contribution in [0.5, 0.6) is 5.75 Å². The Bertz CT molecular complexity index is 441. The number of para-hydroxylation sites is 1. The van der Waals surface area contributed by atoms with E-state index in [-0.39, 0.29) is 5.75 Å². The Morgan fingerprint density at radius 1 is 1.21 bits per heavy atom. The van der Waals surface area contributed by atoms with E-state index in [1.165, 1.54) is 0 Å². The Labute approximate surface area is 82.6 Å². The fraction of sp³-hybridized carbons (Fsp3) is 0.182. The van der Waals surface area contributed by atoms with E-state index in [4.69, 9.17) is 0 Å². The molecule has 1 aromatic heterocycles. The largest absolute Gasteiger partial charge is 0.504 e. The van der Waals surface area contributed by atoms with Crippen molar-refractivity contribution >= 4 is 0 Å². The second-order valence-electron chi connectivity index (χ2n) is 3.33. The number of aromatic nitrogens is 2. The van der Waals surface area contributed by atoms with Crippen molar-refractivity contribution in [1.82, 2.24) is 9.78 Å². The monoisotopic (exact) mass is 188 g/mol. The van der Waals surface area contributed by atoms with Crippen LogP contribution in [0.4, 0.5) is 0 Å². The number of rotatable bonds is 1. The molecule has 0 radical (unpaired) electrons. The molecule has 0 fully saturated rings. The first-order chi connectivity index (χ1) is 6.68. The molecule has 3 nitrogen and oxygen atoms in total. The number of aromatic hydroxyl groups is 1. The van der Waals surface area contributed by atoms with Crippen molar-refractivity contribution < 1.29 is 5.11 Å². The van der Waals surface area contributed by atoms with Gasteiger partial charge in [-0.05, 0) is 25.5 Å². The van der Waals surface area contributed by atoms with Gasteiger partial charge in [0.05, 0.1) is 11.9 Å². The Morgan fingerprint density at radius 3 is 2.50 bits per heavy atom. The maximum absolute atomic E-state index is 9.41. The molecule has 0 bridgehead atoms. The molecule has 1 heterocycles. The third-order valence-corrected chi connectivity index (χ3v) is 2.24. The SMILES string of the molecule is Cc1ccccc1-n1cc(O)c(C)n1. The highest BCUT2D eigenvalue weighted by Crippen LogP contribution is 2.18. The summed E-state index contributed by atoms with van der Waals surface area (Å²) >= 11 is 0. The zero-order valence-electron chi connectivity index (χ0n) is 8.23. The topological polar surface area (TPSA) is 38.0 Å². The van der Waals surface area contributed by atoms with Gasteiger partial charge in [0.1, 0.15) is 5.69 Å². The van der Waals surface area contributed by atoms with Crippen LogP contribution in [0.15, 0.2) is 30.5 Å². The fourth-order valence-corrected chi connectivity index (χ4v) is 1.39. The van der Waals surface area contributed by atoms with Gasteiger partial charge in [-0.15, -0.1) is 0 Å². The van der Waals surface area contributed by atoms with Crippen LogP contribution in [-0.2, 0) is 0 Å². The molecule has 0 aliphatic rings. The Morgan fingerprint density at radius 2 is 1.93 bits per heavy atom. The van der Waals surface area contributed by atoms with Crippen LogP contribution in [0.2, 0.25) is 0 Å². The number of hydrogen-bond donors (Lipinski definition) is 1. The molecule has 0 amide bonds. The van der Waals surface area contributed by atoms with Crippen LogP contribution in [0.3, 0.4) is 0 Å². The third-order valence-electron chi connectivity index (χ3n) is 2.24. The van der Waals surface area contributed by atoms with Crippen LogP contribution in [0.25, 0.3) is 5.69 Å². The van der Waals surface area contributed by atoms with Crippen LogP contribution in [0, 0.1) is 13.8 Å². The molecular weight excluding hydrogens is 176 g/mol. The smallest absolute Gasteiger partial charge is 0.156 e. The molecule has 0 aliphatic heterocycles. The maximum Gasteiger partial charge on any atom is 0.156 e. The summed E-state index contributed by atoms with van der Waals surface area (Å²) in [7, 11) is 0. The lowest BCUT2D eigenvalue weighted by molar-refractivity contribution is 0.471.